The first-order valence-corrected chi connectivity index (χ1v) is 9.65. The van der Waals surface area contributed by atoms with E-state index in [0.29, 0.717) is 11.8 Å². The van der Waals surface area contributed by atoms with E-state index in [0.717, 1.165) is 40.3 Å². The summed E-state index contributed by atoms with van der Waals surface area (Å²) >= 11 is 3.24. The first-order valence-electron chi connectivity index (χ1n) is 7.85. The molecule has 0 radical (unpaired) electrons. The summed E-state index contributed by atoms with van der Waals surface area (Å²) in [6, 6.07) is 2.55. The number of carbonyl (C=O) groups is 1. The van der Waals surface area contributed by atoms with Crippen molar-refractivity contribution in [2.24, 2.45) is 0 Å². The largest absolute Gasteiger partial charge is 0.353 e. The van der Waals surface area contributed by atoms with E-state index in [1.807, 2.05) is 6.92 Å². The van der Waals surface area contributed by atoms with Crippen LogP contribution in [0.2, 0.25) is 0 Å². The Labute approximate surface area is 139 Å². The summed E-state index contributed by atoms with van der Waals surface area (Å²) in [6.07, 6.45) is 5.72. The number of nitrogens with zero attached hydrogens (tertiary/aromatic N) is 2. The summed E-state index contributed by atoms with van der Waals surface area (Å²) in [7, 11) is 0. The number of aryl methyl sites for hydroxylation is 2. The highest BCUT2D eigenvalue weighted by Crippen LogP contribution is 2.31. The Morgan fingerprint density at radius 2 is 2.18 bits per heavy atom. The third kappa shape index (κ3) is 3.60. The molecule has 1 amide bonds. The number of fused-ring (bicyclic) bond motifs is 1. The Balaban J connectivity index is 1.69. The van der Waals surface area contributed by atoms with Gasteiger partial charge in [0, 0.05) is 16.3 Å². The fraction of sp³-hybridized carbons (Fsp3) is 0.562. The van der Waals surface area contributed by atoms with Crippen molar-refractivity contribution in [2.45, 2.75) is 57.0 Å². The molecule has 0 aliphatic heterocycles. The van der Waals surface area contributed by atoms with Gasteiger partial charge in [0.05, 0.1) is 5.75 Å². The van der Waals surface area contributed by atoms with Gasteiger partial charge in [-0.25, -0.2) is 9.97 Å². The van der Waals surface area contributed by atoms with Crippen LogP contribution in [-0.2, 0) is 11.2 Å². The van der Waals surface area contributed by atoms with E-state index in [4.69, 9.17) is 0 Å². The Morgan fingerprint density at radius 1 is 1.41 bits per heavy atom. The fourth-order valence-corrected chi connectivity index (χ4v) is 4.74. The van der Waals surface area contributed by atoms with Gasteiger partial charge in [0.2, 0.25) is 5.91 Å². The van der Waals surface area contributed by atoms with E-state index in [-0.39, 0.29) is 5.91 Å². The van der Waals surface area contributed by atoms with Crippen LogP contribution in [0.1, 0.15) is 43.3 Å². The van der Waals surface area contributed by atoms with Crippen LogP contribution in [0.3, 0.4) is 0 Å². The molecule has 118 valence electrons. The second-order valence-electron chi connectivity index (χ2n) is 5.70. The van der Waals surface area contributed by atoms with Gasteiger partial charge < -0.3 is 5.32 Å². The van der Waals surface area contributed by atoms with E-state index in [9.17, 15) is 4.79 Å². The lowest BCUT2D eigenvalue weighted by Crippen LogP contribution is -2.33. The number of nitrogens with one attached hydrogen (secondary N) is 1. The minimum atomic E-state index is 0.118. The Kier molecular flexibility index (Phi) is 4.98. The molecule has 1 fully saturated rings. The second kappa shape index (κ2) is 6.96. The molecule has 0 unspecified atom stereocenters. The molecule has 2 aromatic heterocycles. The van der Waals surface area contributed by atoms with Crippen molar-refractivity contribution in [1.82, 2.24) is 15.3 Å². The van der Waals surface area contributed by atoms with Crippen LogP contribution < -0.4 is 5.32 Å². The van der Waals surface area contributed by atoms with Crippen molar-refractivity contribution in [3.63, 3.8) is 0 Å². The molecule has 0 spiro atoms. The molecule has 1 saturated carbocycles. The third-order valence-electron chi connectivity index (χ3n) is 3.93. The number of thioether (sulfide) groups is 1. The first kappa shape index (κ1) is 15.7. The zero-order valence-corrected chi connectivity index (χ0v) is 14.6. The molecular formula is C16H21N3OS2. The average molecular weight is 335 g/mol. The molecule has 0 atom stereocenters. The van der Waals surface area contributed by atoms with Gasteiger partial charge in [-0.3, -0.25) is 4.79 Å². The summed E-state index contributed by atoms with van der Waals surface area (Å²) in [6.45, 7) is 4.06. The van der Waals surface area contributed by atoms with Gasteiger partial charge in [0.1, 0.15) is 15.7 Å². The molecular weight excluding hydrogens is 314 g/mol. The van der Waals surface area contributed by atoms with Crippen molar-refractivity contribution in [3.05, 3.63) is 16.8 Å². The minimum Gasteiger partial charge on any atom is -0.353 e. The molecule has 4 nitrogen and oxygen atoms in total. The number of rotatable bonds is 5. The number of aromatic nitrogens is 2. The normalized spacial score (nSPS) is 15.5. The first-order chi connectivity index (χ1) is 10.7. The molecule has 1 N–H and O–H groups in total. The fourth-order valence-electron chi connectivity index (χ4n) is 2.80. The van der Waals surface area contributed by atoms with E-state index in [2.05, 4.69) is 28.3 Å². The highest BCUT2D eigenvalue weighted by Gasteiger charge is 2.18. The average Bonchev–Trinajstić information content (AvgIpc) is 3.13. The molecule has 0 aromatic carbocycles. The van der Waals surface area contributed by atoms with Crippen LogP contribution >= 0.6 is 23.1 Å². The molecule has 2 aromatic rings. The van der Waals surface area contributed by atoms with Gasteiger partial charge in [-0.05, 0) is 32.3 Å². The number of thiophene rings is 1. The van der Waals surface area contributed by atoms with Gasteiger partial charge in [-0.15, -0.1) is 11.3 Å². The molecule has 1 aliphatic rings. The molecule has 0 saturated heterocycles. The predicted octanol–water partition coefficient (Wildman–Crippen LogP) is 3.71. The summed E-state index contributed by atoms with van der Waals surface area (Å²) in [5.41, 5.74) is 0. The molecule has 3 rings (SSSR count). The SMILES string of the molecule is CCc1cc2c(SCC(=O)NC3CCCC3)nc(C)nc2s1. The van der Waals surface area contributed by atoms with Gasteiger partial charge in [0.15, 0.2) is 0 Å². The smallest absolute Gasteiger partial charge is 0.230 e. The molecule has 6 heteroatoms. The maximum Gasteiger partial charge on any atom is 0.230 e. The summed E-state index contributed by atoms with van der Waals surface area (Å²) in [4.78, 5) is 23.5. The highest BCUT2D eigenvalue weighted by atomic mass is 32.2. The highest BCUT2D eigenvalue weighted by molar-refractivity contribution is 8.00. The summed E-state index contributed by atoms with van der Waals surface area (Å²) in [5.74, 6) is 1.32. The summed E-state index contributed by atoms with van der Waals surface area (Å²) < 4.78 is 0. The molecule has 22 heavy (non-hydrogen) atoms. The van der Waals surface area contributed by atoms with Gasteiger partial charge in [-0.2, -0.15) is 0 Å². The Bertz CT molecular complexity index is 677. The van der Waals surface area contributed by atoms with Gasteiger partial charge in [0.25, 0.3) is 0 Å². The quantitative estimate of drug-likeness (QED) is 0.668. The second-order valence-corrected chi connectivity index (χ2v) is 7.78. The van der Waals surface area contributed by atoms with Crippen molar-refractivity contribution in [2.75, 3.05) is 5.75 Å². The van der Waals surface area contributed by atoms with Crippen LogP contribution in [0.4, 0.5) is 0 Å². The van der Waals surface area contributed by atoms with Crippen LogP contribution in [-0.4, -0.2) is 27.7 Å². The van der Waals surface area contributed by atoms with E-state index in [1.165, 1.54) is 29.5 Å². The number of hydrogen-bond acceptors (Lipinski definition) is 5. The maximum atomic E-state index is 12.1. The van der Waals surface area contributed by atoms with Crippen LogP contribution in [0.15, 0.2) is 11.1 Å². The zero-order valence-electron chi connectivity index (χ0n) is 13.0. The van der Waals surface area contributed by atoms with Crippen molar-refractivity contribution >= 4 is 39.2 Å². The van der Waals surface area contributed by atoms with Crippen LogP contribution in [0.25, 0.3) is 10.2 Å². The van der Waals surface area contributed by atoms with Crippen LogP contribution in [0, 0.1) is 6.92 Å². The molecule has 2 heterocycles. The minimum absolute atomic E-state index is 0.118. The van der Waals surface area contributed by atoms with E-state index < -0.39 is 0 Å². The van der Waals surface area contributed by atoms with E-state index in [1.54, 1.807) is 11.3 Å². The molecule has 0 bridgehead atoms. The topological polar surface area (TPSA) is 54.9 Å². The third-order valence-corrected chi connectivity index (χ3v) is 6.09. The van der Waals surface area contributed by atoms with E-state index >= 15 is 0 Å². The lowest BCUT2D eigenvalue weighted by atomic mass is 10.2. The lowest BCUT2D eigenvalue weighted by Gasteiger charge is -2.11. The van der Waals surface area contributed by atoms with Crippen molar-refractivity contribution in [3.8, 4) is 0 Å². The standard InChI is InChI=1S/C16H21N3OS2/c1-3-12-8-13-15(17-10(2)18-16(13)22-12)21-9-14(20)19-11-6-4-5-7-11/h8,11H,3-7,9H2,1-2H3,(H,19,20). The van der Waals surface area contributed by atoms with Crippen molar-refractivity contribution in [1.29, 1.82) is 0 Å². The predicted molar refractivity (Wildman–Crippen MR) is 92.7 cm³/mol. The lowest BCUT2D eigenvalue weighted by molar-refractivity contribution is -0.119. The Hall–Kier alpha value is -1.14. The number of amides is 1. The number of hydrogen-bond donors (Lipinski definition) is 1. The van der Waals surface area contributed by atoms with Gasteiger partial charge >= 0.3 is 0 Å². The molecule has 1 aliphatic carbocycles. The Morgan fingerprint density at radius 3 is 2.91 bits per heavy atom. The van der Waals surface area contributed by atoms with Crippen LogP contribution in [0.5, 0.6) is 0 Å². The number of carbonyl (C=O) groups excluding carboxylic acids is 1. The maximum absolute atomic E-state index is 12.1. The summed E-state index contributed by atoms with van der Waals surface area (Å²) in [5, 5.41) is 5.15. The van der Waals surface area contributed by atoms with Gasteiger partial charge in [-0.1, -0.05) is 31.5 Å². The monoisotopic (exact) mass is 335 g/mol. The van der Waals surface area contributed by atoms with Crippen molar-refractivity contribution < 1.29 is 4.79 Å². The zero-order chi connectivity index (χ0) is 15.5.